The van der Waals surface area contributed by atoms with Crippen LogP contribution in [0.5, 0.6) is 5.75 Å². The minimum Gasteiger partial charge on any atom is -0.490 e. The van der Waals surface area contributed by atoms with E-state index in [1.807, 2.05) is 0 Å². The molecule has 2 fully saturated rings. The van der Waals surface area contributed by atoms with Gasteiger partial charge in [-0.3, -0.25) is 4.99 Å². The molecule has 1 saturated heterocycles. The number of alkyl halides is 2. The Balaban J connectivity index is 1.54. The monoisotopic (exact) mass is 418 g/mol. The van der Waals surface area contributed by atoms with Gasteiger partial charge in [0.1, 0.15) is 23.6 Å². The third-order valence-electron chi connectivity index (χ3n) is 4.72. The normalized spacial score (nSPS) is 22.4. The number of hydrogen-bond acceptors (Lipinski definition) is 9. The van der Waals surface area contributed by atoms with Gasteiger partial charge in [-0.1, -0.05) is 0 Å². The molecule has 1 saturated carbocycles. The predicted molar refractivity (Wildman–Crippen MR) is 111 cm³/mol. The zero-order valence-corrected chi connectivity index (χ0v) is 16.2. The molecular weight excluding hydrogens is 394 g/mol. The fourth-order valence-electron chi connectivity index (χ4n) is 2.85. The zero-order chi connectivity index (χ0) is 21.1. The number of nitrogens with two attached hydrogens (primary N) is 2. The molecule has 160 valence electrons. The SMILES string of the molecule is N/C=C(\C=NC1CNC1)c1cnc(NC2=CC(N)N=C(C(F)F)N2)cc1OC1CC1. The average Bonchev–Trinajstić information content (AvgIpc) is 3.48. The van der Waals surface area contributed by atoms with Crippen molar-refractivity contribution in [3.05, 3.63) is 35.9 Å². The lowest BCUT2D eigenvalue weighted by atomic mass is 10.1. The van der Waals surface area contributed by atoms with Crippen molar-refractivity contribution in [1.82, 2.24) is 15.6 Å². The van der Waals surface area contributed by atoms with Gasteiger partial charge in [0.15, 0.2) is 5.84 Å². The molecule has 0 spiro atoms. The molecule has 3 heterocycles. The van der Waals surface area contributed by atoms with Crippen LogP contribution in [0, 0.1) is 0 Å². The summed E-state index contributed by atoms with van der Waals surface area (Å²) in [6.45, 7) is 1.68. The van der Waals surface area contributed by atoms with E-state index in [1.165, 1.54) is 12.3 Å². The van der Waals surface area contributed by atoms with Crippen molar-refractivity contribution in [3.63, 3.8) is 0 Å². The number of nitrogens with zero attached hydrogens (tertiary/aromatic N) is 3. The Morgan fingerprint density at radius 1 is 1.37 bits per heavy atom. The maximum atomic E-state index is 13.0. The number of halogens is 2. The quantitative estimate of drug-likeness (QED) is 0.394. The molecule has 0 radical (unpaired) electrons. The van der Waals surface area contributed by atoms with Crippen LogP contribution in [-0.4, -0.2) is 54.9 Å². The first-order chi connectivity index (χ1) is 14.5. The van der Waals surface area contributed by atoms with E-state index in [-0.39, 0.29) is 18.0 Å². The van der Waals surface area contributed by atoms with Crippen molar-refractivity contribution in [2.75, 3.05) is 18.4 Å². The molecule has 1 aromatic rings. The second-order valence-corrected chi connectivity index (χ2v) is 7.23. The fraction of sp³-hybridized carbons (Fsp3) is 0.421. The Hall–Kier alpha value is -3.05. The lowest BCUT2D eigenvalue weighted by Gasteiger charge is -2.23. The van der Waals surface area contributed by atoms with Crippen LogP contribution >= 0.6 is 0 Å². The highest BCUT2D eigenvalue weighted by Crippen LogP contribution is 2.33. The maximum Gasteiger partial charge on any atom is 0.295 e. The van der Waals surface area contributed by atoms with E-state index in [2.05, 4.69) is 30.9 Å². The van der Waals surface area contributed by atoms with Crippen molar-refractivity contribution in [2.24, 2.45) is 21.5 Å². The molecule has 4 rings (SSSR count). The van der Waals surface area contributed by atoms with Crippen LogP contribution in [0.4, 0.5) is 14.6 Å². The summed E-state index contributed by atoms with van der Waals surface area (Å²) >= 11 is 0. The van der Waals surface area contributed by atoms with Gasteiger partial charge in [0, 0.05) is 48.9 Å². The summed E-state index contributed by atoms with van der Waals surface area (Å²) in [4.78, 5) is 12.6. The fourth-order valence-corrected chi connectivity index (χ4v) is 2.85. The summed E-state index contributed by atoms with van der Waals surface area (Å²) in [5.74, 6) is 0.786. The Labute approximate surface area is 172 Å². The molecule has 1 aromatic heterocycles. The Bertz CT molecular complexity index is 906. The van der Waals surface area contributed by atoms with Crippen molar-refractivity contribution >= 4 is 23.4 Å². The minimum absolute atomic E-state index is 0.142. The molecule has 2 aliphatic heterocycles. The molecule has 0 amide bonds. The summed E-state index contributed by atoms with van der Waals surface area (Å²) in [5, 5.41) is 8.65. The molecule has 3 aliphatic rings. The molecule has 0 bridgehead atoms. The first-order valence-corrected chi connectivity index (χ1v) is 9.72. The molecule has 1 aliphatic carbocycles. The molecule has 11 heteroatoms. The number of amidine groups is 1. The van der Waals surface area contributed by atoms with E-state index >= 15 is 0 Å². The number of aromatic nitrogens is 1. The van der Waals surface area contributed by atoms with E-state index in [0.717, 1.165) is 25.9 Å². The van der Waals surface area contributed by atoms with Gasteiger partial charge in [-0.2, -0.15) is 0 Å². The summed E-state index contributed by atoms with van der Waals surface area (Å²) in [6, 6.07) is 1.94. The highest BCUT2D eigenvalue weighted by atomic mass is 19.3. The smallest absolute Gasteiger partial charge is 0.295 e. The second-order valence-electron chi connectivity index (χ2n) is 7.23. The zero-order valence-electron chi connectivity index (χ0n) is 16.2. The minimum atomic E-state index is -2.76. The first kappa shape index (κ1) is 20.2. The molecule has 1 atom stereocenters. The summed E-state index contributed by atoms with van der Waals surface area (Å²) < 4.78 is 32.0. The summed E-state index contributed by atoms with van der Waals surface area (Å²) in [6.07, 6.45) is 4.77. The van der Waals surface area contributed by atoms with Gasteiger partial charge in [-0.25, -0.2) is 18.8 Å². The number of rotatable bonds is 8. The van der Waals surface area contributed by atoms with Crippen LogP contribution in [-0.2, 0) is 0 Å². The lowest BCUT2D eigenvalue weighted by Crippen LogP contribution is -2.45. The van der Waals surface area contributed by atoms with Crippen molar-refractivity contribution in [1.29, 1.82) is 0 Å². The van der Waals surface area contributed by atoms with Crippen LogP contribution in [0.25, 0.3) is 5.57 Å². The topological polar surface area (TPSA) is 135 Å². The van der Waals surface area contributed by atoms with Crippen molar-refractivity contribution in [2.45, 2.75) is 37.6 Å². The number of aliphatic imine (C=N–C) groups is 2. The Morgan fingerprint density at radius 3 is 2.80 bits per heavy atom. The predicted octanol–water partition coefficient (Wildman–Crippen LogP) is 0.770. The number of pyridine rings is 1. The van der Waals surface area contributed by atoms with Gasteiger partial charge in [0.25, 0.3) is 6.43 Å². The summed E-state index contributed by atoms with van der Waals surface area (Å²) in [7, 11) is 0. The van der Waals surface area contributed by atoms with Crippen molar-refractivity contribution in [3.8, 4) is 5.75 Å². The van der Waals surface area contributed by atoms with Crippen LogP contribution in [0.3, 0.4) is 0 Å². The number of allylic oxidation sites excluding steroid dienone is 1. The van der Waals surface area contributed by atoms with Gasteiger partial charge in [-0.05, 0) is 18.9 Å². The molecule has 7 N–H and O–H groups in total. The highest BCUT2D eigenvalue weighted by molar-refractivity contribution is 6.10. The van der Waals surface area contributed by atoms with Crippen LogP contribution in [0.15, 0.2) is 40.3 Å². The highest BCUT2D eigenvalue weighted by Gasteiger charge is 2.26. The van der Waals surface area contributed by atoms with Crippen LogP contribution in [0.2, 0.25) is 0 Å². The number of nitrogens with one attached hydrogen (secondary N) is 3. The van der Waals surface area contributed by atoms with Gasteiger partial charge in [-0.15, -0.1) is 0 Å². The van der Waals surface area contributed by atoms with E-state index in [9.17, 15) is 8.78 Å². The average molecular weight is 418 g/mol. The Kier molecular flexibility index (Phi) is 5.91. The summed E-state index contributed by atoms with van der Waals surface area (Å²) in [5.41, 5.74) is 12.9. The van der Waals surface area contributed by atoms with Gasteiger partial charge < -0.3 is 32.2 Å². The van der Waals surface area contributed by atoms with Gasteiger partial charge in [0.2, 0.25) is 0 Å². The third-order valence-corrected chi connectivity index (χ3v) is 4.72. The van der Waals surface area contributed by atoms with Gasteiger partial charge in [0.05, 0.1) is 12.1 Å². The largest absolute Gasteiger partial charge is 0.490 e. The first-order valence-electron chi connectivity index (χ1n) is 9.72. The Morgan fingerprint density at radius 2 is 2.17 bits per heavy atom. The number of anilines is 1. The molecule has 0 aromatic carbocycles. The lowest BCUT2D eigenvalue weighted by molar-refractivity contribution is 0.220. The van der Waals surface area contributed by atoms with Gasteiger partial charge >= 0.3 is 0 Å². The second kappa shape index (κ2) is 8.76. The van der Waals surface area contributed by atoms with E-state index in [4.69, 9.17) is 16.2 Å². The molecular formula is C19H24F2N8O. The van der Waals surface area contributed by atoms with Crippen molar-refractivity contribution < 1.29 is 13.5 Å². The standard InChI is InChI=1S/C19H24F2N8O/c20-18(21)19-27-15(23)4-17(29-19)28-16-3-14(30-12-1-2-12)13(9-26-16)10(5-22)6-25-11-7-24-8-11/h3-6,9,11-12,15,18,24H,1-2,7-8,22-23H2,(H,26,28)(H,27,29)/b10-5+,25-6?. The van der Waals surface area contributed by atoms with Crippen LogP contribution < -0.4 is 32.2 Å². The molecule has 9 nitrogen and oxygen atoms in total. The molecule has 30 heavy (non-hydrogen) atoms. The third kappa shape index (κ3) is 4.92. The molecule has 1 unspecified atom stereocenters. The van der Waals surface area contributed by atoms with E-state index in [0.29, 0.717) is 22.7 Å². The van der Waals surface area contributed by atoms with E-state index < -0.39 is 18.4 Å². The van der Waals surface area contributed by atoms with E-state index in [1.54, 1.807) is 18.5 Å². The number of ether oxygens (including phenoxy) is 1. The number of hydrogen-bond donors (Lipinski definition) is 5. The van der Waals surface area contributed by atoms with Crippen LogP contribution in [0.1, 0.15) is 18.4 Å². The maximum absolute atomic E-state index is 13.0.